The third-order valence-corrected chi connectivity index (χ3v) is 3.49. The lowest BCUT2D eigenvalue weighted by Gasteiger charge is -2.08. The van der Waals surface area contributed by atoms with E-state index in [1.54, 1.807) is 4.68 Å². The molecule has 0 aliphatic heterocycles. The van der Waals surface area contributed by atoms with Crippen molar-refractivity contribution in [2.45, 2.75) is 13.3 Å². The lowest BCUT2D eigenvalue weighted by Crippen LogP contribution is -2.24. The maximum Gasteiger partial charge on any atom is 0.226 e. The van der Waals surface area contributed by atoms with Crippen LogP contribution >= 0.6 is 0 Å². The van der Waals surface area contributed by atoms with Crippen LogP contribution in [0.3, 0.4) is 0 Å². The second kappa shape index (κ2) is 6.87. The fourth-order valence-electron chi connectivity index (χ4n) is 2.48. The zero-order valence-corrected chi connectivity index (χ0v) is 12.9. The summed E-state index contributed by atoms with van der Waals surface area (Å²) >= 11 is 0. The molecule has 0 fully saturated rings. The van der Waals surface area contributed by atoms with Crippen molar-refractivity contribution in [3.63, 3.8) is 0 Å². The SMILES string of the molecule is CCNC(=O)Cc1nnn(-c2ccccc2)c1-c1ccccc1. The van der Waals surface area contributed by atoms with Gasteiger partial charge in [-0.25, -0.2) is 4.68 Å². The summed E-state index contributed by atoms with van der Waals surface area (Å²) in [6, 6.07) is 19.7. The second-order valence-corrected chi connectivity index (χ2v) is 5.13. The number of benzene rings is 2. The molecular formula is C18H18N4O. The molecule has 1 heterocycles. The normalized spacial score (nSPS) is 10.5. The van der Waals surface area contributed by atoms with Gasteiger partial charge in [-0.1, -0.05) is 53.7 Å². The fraction of sp³-hybridized carbons (Fsp3) is 0.167. The van der Waals surface area contributed by atoms with Gasteiger partial charge >= 0.3 is 0 Å². The van der Waals surface area contributed by atoms with E-state index in [-0.39, 0.29) is 12.3 Å². The van der Waals surface area contributed by atoms with Crippen molar-refractivity contribution in [2.75, 3.05) is 6.54 Å². The lowest BCUT2D eigenvalue weighted by atomic mass is 10.1. The van der Waals surface area contributed by atoms with Gasteiger partial charge in [-0.05, 0) is 19.1 Å². The second-order valence-electron chi connectivity index (χ2n) is 5.13. The summed E-state index contributed by atoms with van der Waals surface area (Å²) in [6.45, 7) is 2.50. The van der Waals surface area contributed by atoms with E-state index in [2.05, 4.69) is 15.6 Å². The number of likely N-dealkylation sites (N-methyl/N-ethyl adjacent to an activating group) is 1. The largest absolute Gasteiger partial charge is 0.356 e. The first-order chi connectivity index (χ1) is 11.3. The van der Waals surface area contributed by atoms with Crippen molar-refractivity contribution in [1.82, 2.24) is 20.3 Å². The Labute approximate surface area is 135 Å². The van der Waals surface area contributed by atoms with Crippen LogP contribution in [0.25, 0.3) is 16.9 Å². The highest BCUT2D eigenvalue weighted by atomic mass is 16.1. The van der Waals surface area contributed by atoms with Crippen molar-refractivity contribution in [3.8, 4) is 16.9 Å². The van der Waals surface area contributed by atoms with E-state index >= 15 is 0 Å². The molecule has 0 saturated carbocycles. The van der Waals surface area contributed by atoms with E-state index < -0.39 is 0 Å². The Morgan fingerprint density at radius 2 is 1.70 bits per heavy atom. The number of rotatable bonds is 5. The van der Waals surface area contributed by atoms with Crippen LogP contribution in [0.2, 0.25) is 0 Å². The van der Waals surface area contributed by atoms with Crippen molar-refractivity contribution >= 4 is 5.91 Å². The Hall–Kier alpha value is -2.95. The summed E-state index contributed by atoms with van der Waals surface area (Å²) in [6.07, 6.45) is 0.213. The number of aromatic nitrogens is 3. The van der Waals surface area contributed by atoms with Crippen LogP contribution in [0.5, 0.6) is 0 Å². The van der Waals surface area contributed by atoms with Gasteiger partial charge in [-0.2, -0.15) is 0 Å². The average molecular weight is 306 g/mol. The minimum absolute atomic E-state index is 0.0511. The van der Waals surface area contributed by atoms with Crippen LogP contribution in [0.1, 0.15) is 12.6 Å². The highest BCUT2D eigenvalue weighted by Crippen LogP contribution is 2.25. The number of hydrogen-bond donors (Lipinski definition) is 1. The molecule has 3 rings (SSSR count). The van der Waals surface area contributed by atoms with Gasteiger partial charge in [-0.15, -0.1) is 5.10 Å². The molecular weight excluding hydrogens is 288 g/mol. The molecule has 3 aromatic rings. The van der Waals surface area contributed by atoms with Crippen molar-refractivity contribution in [2.24, 2.45) is 0 Å². The van der Waals surface area contributed by atoms with Gasteiger partial charge in [0, 0.05) is 12.1 Å². The Morgan fingerprint density at radius 1 is 1.04 bits per heavy atom. The van der Waals surface area contributed by atoms with Crippen LogP contribution in [0, 0.1) is 0 Å². The first kappa shape index (κ1) is 15.0. The minimum atomic E-state index is -0.0511. The maximum atomic E-state index is 12.0. The molecule has 0 bridgehead atoms. The number of hydrogen-bond acceptors (Lipinski definition) is 3. The Kier molecular flexibility index (Phi) is 4.47. The van der Waals surface area contributed by atoms with E-state index in [9.17, 15) is 4.79 Å². The maximum absolute atomic E-state index is 12.0. The first-order valence-electron chi connectivity index (χ1n) is 7.61. The third kappa shape index (κ3) is 3.29. The summed E-state index contributed by atoms with van der Waals surface area (Å²) in [5.74, 6) is -0.0511. The first-order valence-corrected chi connectivity index (χ1v) is 7.61. The van der Waals surface area contributed by atoms with Crippen molar-refractivity contribution < 1.29 is 4.79 Å². The summed E-state index contributed by atoms with van der Waals surface area (Å²) in [5, 5.41) is 11.3. The van der Waals surface area contributed by atoms with E-state index in [1.807, 2.05) is 67.6 Å². The van der Waals surface area contributed by atoms with Gasteiger partial charge in [0.05, 0.1) is 17.8 Å². The molecule has 0 radical (unpaired) electrons. The van der Waals surface area contributed by atoms with E-state index in [4.69, 9.17) is 0 Å². The molecule has 0 aliphatic carbocycles. The Morgan fingerprint density at radius 3 is 2.35 bits per heavy atom. The zero-order chi connectivity index (χ0) is 16.1. The Bertz CT molecular complexity index is 781. The van der Waals surface area contributed by atoms with Crippen LogP contribution in [-0.4, -0.2) is 27.4 Å². The molecule has 0 atom stereocenters. The lowest BCUT2D eigenvalue weighted by molar-refractivity contribution is -0.120. The molecule has 5 nitrogen and oxygen atoms in total. The van der Waals surface area contributed by atoms with Gasteiger partial charge in [0.25, 0.3) is 0 Å². The van der Waals surface area contributed by atoms with Crippen molar-refractivity contribution in [1.29, 1.82) is 0 Å². The van der Waals surface area contributed by atoms with Crippen LogP contribution in [0.4, 0.5) is 0 Å². The summed E-state index contributed by atoms with van der Waals surface area (Å²) in [5.41, 5.74) is 3.43. The standard InChI is InChI=1S/C18H18N4O/c1-2-19-17(23)13-16-18(14-9-5-3-6-10-14)22(21-20-16)15-11-7-4-8-12-15/h3-12H,2,13H2,1H3,(H,19,23). The van der Waals surface area contributed by atoms with Gasteiger partial charge in [0.1, 0.15) is 5.69 Å². The minimum Gasteiger partial charge on any atom is -0.356 e. The van der Waals surface area contributed by atoms with Crippen LogP contribution in [0.15, 0.2) is 60.7 Å². The third-order valence-electron chi connectivity index (χ3n) is 3.49. The zero-order valence-electron chi connectivity index (χ0n) is 12.9. The number of para-hydroxylation sites is 1. The number of nitrogens with one attached hydrogen (secondary N) is 1. The number of amides is 1. The molecule has 1 N–H and O–H groups in total. The van der Waals surface area contributed by atoms with Gasteiger partial charge in [0.15, 0.2) is 0 Å². The molecule has 0 spiro atoms. The number of nitrogens with zero attached hydrogens (tertiary/aromatic N) is 3. The summed E-state index contributed by atoms with van der Waals surface area (Å²) < 4.78 is 1.78. The van der Waals surface area contributed by atoms with Gasteiger partial charge in [0.2, 0.25) is 5.91 Å². The number of carbonyl (C=O) groups is 1. The molecule has 116 valence electrons. The summed E-state index contributed by atoms with van der Waals surface area (Å²) in [7, 11) is 0. The van der Waals surface area contributed by atoms with Crippen LogP contribution < -0.4 is 5.32 Å². The predicted molar refractivity (Wildman–Crippen MR) is 89.2 cm³/mol. The molecule has 0 saturated heterocycles. The van der Waals surface area contributed by atoms with Gasteiger partial charge < -0.3 is 5.32 Å². The quantitative estimate of drug-likeness (QED) is 0.788. The molecule has 0 aliphatic rings. The smallest absolute Gasteiger partial charge is 0.226 e. The Balaban J connectivity index is 2.07. The summed E-state index contributed by atoms with van der Waals surface area (Å²) in [4.78, 5) is 12.0. The molecule has 2 aromatic carbocycles. The van der Waals surface area contributed by atoms with Gasteiger partial charge in [-0.3, -0.25) is 4.79 Å². The molecule has 5 heteroatoms. The highest BCUT2D eigenvalue weighted by Gasteiger charge is 2.18. The van der Waals surface area contributed by atoms with E-state index in [0.717, 1.165) is 16.9 Å². The van der Waals surface area contributed by atoms with Crippen LogP contribution in [-0.2, 0) is 11.2 Å². The topological polar surface area (TPSA) is 59.8 Å². The highest BCUT2D eigenvalue weighted by molar-refractivity contribution is 5.80. The molecule has 1 amide bonds. The molecule has 1 aromatic heterocycles. The number of carbonyl (C=O) groups excluding carboxylic acids is 1. The van der Waals surface area contributed by atoms with Crippen molar-refractivity contribution in [3.05, 3.63) is 66.4 Å². The molecule has 0 unspecified atom stereocenters. The van der Waals surface area contributed by atoms with E-state index in [0.29, 0.717) is 12.2 Å². The predicted octanol–water partition coefficient (Wildman–Crippen LogP) is 2.61. The fourth-order valence-corrected chi connectivity index (χ4v) is 2.48. The molecule has 23 heavy (non-hydrogen) atoms. The monoisotopic (exact) mass is 306 g/mol. The van der Waals surface area contributed by atoms with E-state index in [1.165, 1.54) is 0 Å². The average Bonchev–Trinajstić information content (AvgIpc) is 3.00.